The number of fused-ring (bicyclic) bond motifs is 1. The van der Waals surface area contributed by atoms with Crippen molar-refractivity contribution in [2.24, 2.45) is 5.92 Å². The van der Waals surface area contributed by atoms with Crippen LogP contribution in [0.1, 0.15) is 57.2 Å². The Bertz CT molecular complexity index is 390. The molecule has 18 heavy (non-hydrogen) atoms. The van der Waals surface area contributed by atoms with Crippen LogP contribution in [-0.4, -0.2) is 27.6 Å². The summed E-state index contributed by atoms with van der Waals surface area (Å²) in [6, 6.07) is 0.778. The molecule has 0 bridgehead atoms. The fraction of sp³-hybridized carbons (Fsp3) is 0.857. The molecule has 1 saturated carbocycles. The summed E-state index contributed by atoms with van der Waals surface area (Å²) in [5, 5.41) is 4.04. The summed E-state index contributed by atoms with van der Waals surface area (Å²) in [7, 11) is 0. The van der Waals surface area contributed by atoms with E-state index in [0.29, 0.717) is 0 Å². The Morgan fingerprint density at radius 3 is 3.06 bits per heavy atom. The molecule has 1 aromatic heterocycles. The van der Waals surface area contributed by atoms with E-state index in [-0.39, 0.29) is 0 Å². The molecule has 1 aliphatic heterocycles. The van der Waals surface area contributed by atoms with E-state index in [9.17, 15) is 0 Å². The molecule has 0 unspecified atom stereocenters. The lowest BCUT2D eigenvalue weighted by Crippen LogP contribution is -2.41. The number of hydrogen-bond donors (Lipinski definition) is 0. The SMILES string of the molecule is CCCc1noc(CN2CCC[C@H]3CCC[C@H]32)n1. The molecule has 2 aliphatic rings. The quantitative estimate of drug-likeness (QED) is 0.823. The summed E-state index contributed by atoms with van der Waals surface area (Å²) in [5.74, 6) is 2.61. The van der Waals surface area contributed by atoms with E-state index < -0.39 is 0 Å². The van der Waals surface area contributed by atoms with Crippen molar-refractivity contribution in [1.82, 2.24) is 15.0 Å². The van der Waals surface area contributed by atoms with Crippen LogP contribution in [0.15, 0.2) is 4.52 Å². The highest BCUT2D eigenvalue weighted by Crippen LogP contribution is 2.37. The topological polar surface area (TPSA) is 42.2 Å². The molecule has 2 atom stereocenters. The molecule has 0 radical (unpaired) electrons. The molecule has 2 heterocycles. The van der Waals surface area contributed by atoms with Gasteiger partial charge in [0.25, 0.3) is 0 Å². The van der Waals surface area contributed by atoms with Crippen LogP contribution >= 0.6 is 0 Å². The minimum atomic E-state index is 0.778. The standard InChI is InChI=1S/C14H23N3O/c1-2-5-13-15-14(18-16-13)10-17-9-4-7-11-6-3-8-12(11)17/h11-12H,2-10H2,1H3/t11-,12-/m1/s1. The van der Waals surface area contributed by atoms with Crippen molar-refractivity contribution < 1.29 is 4.52 Å². The van der Waals surface area contributed by atoms with Gasteiger partial charge in [0.2, 0.25) is 5.89 Å². The molecule has 4 heteroatoms. The maximum Gasteiger partial charge on any atom is 0.240 e. The maximum absolute atomic E-state index is 5.37. The zero-order chi connectivity index (χ0) is 12.4. The van der Waals surface area contributed by atoms with Crippen LogP contribution in [0, 0.1) is 5.92 Å². The van der Waals surface area contributed by atoms with Gasteiger partial charge in [-0.3, -0.25) is 4.90 Å². The Kier molecular flexibility index (Phi) is 3.64. The lowest BCUT2D eigenvalue weighted by Gasteiger charge is -2.36. The monoisotopic (exact) mass is 249 g/mol. The van der Waals surface area contributed by atoms with Crippen molar-refractivity contribution in [3.05, 3.63) is 11.7 Å². The molecular weight excluding hydrogens is 226 g/mol. The average molecular weight is 249 g/mol. The highest BCUT2D eigenvalue weighted by atomic mass is 16.5. The van der Waals surface area contributed by atoms with E-state index in [0.717, 1.165) is 43.1 Å². The normalized spacial score (nSPS) is 28.5. The lowest BCUT2D eigenvalue weighted by atomic mass is 9.92. The van der Waals surface area contributed by atoms with E-state index in [4.69, 9.17) is 4.52 Å². The summed E-state index contributed by atoms with van der Waals surface area (Å²) >= 11 is 0. The van der Waals surface area contributed by atoms with Crippen molar-refractivity contribution in [3.8, 4) is 0 Å². The van der Waals surface area contributed by atoms with Crippen LogP contribution in [0.2, 0.25) is 0 Å². The van der Waals surface area contributed by atoms with E-state index >= 15 is 0 Å². The van der Waals surface area contributed by atoms with Crippen LogP contribution in [0.25, 0.3) is 0 Å². The number of aromatic nitrogens is 2. The van der Waals surface area contributed by atoms with E-state index in [1.54, 1.807) is 0 Å². The maximum atomic E-state index is 5.37. The van der Waals surface area contributed by atoms with Gasteiger partial charge in [0.05, 0.1) is 6.54 Å². The summed E-state index contributed by atoms with van der Waals surface area (Å²) in [4.78, 5) is 7.06. The van der Waals surface area contributed by atoms with Gasteiger partial charge < -0.3 is 4.52 Å². The van der Waals surface area contributed by atoms with Gasteiger partial charge in [-0.05, 0) is 44.6 Å². The van der Waals surface area contributed by atoms with Gasteiger partial charge in [-0.15, -0.1) is 0 Å². The minimum absolute atomic E-state index is 0.778. The molecule has 0 spiro atoms. The number of likely N-dealkylation sites (tertiary alicyclic amines) is 1. The summed E-state index contributed by atoms with van der Waals surface area (Å²) in [6.45, 7) is 4.20. The second kappa shape index (κ2) is 5.39. The molecule has 2 fully saturated rings. The van der Waals surface area contributed by atoms with Crippen molar-refractivity contribution in [1.29, 1.82) is 0 Å². The predicted molar refractivity (Wildman–Crippen MR) is 69.1 cm³/mol. The summed E-state index contributed by atoms with van der Waals surface area (Å²) in [5.41, 5.74) is 0. The predicted octanol–water partition coefficient (Wildman–Crippen LogP) is 2.79. The van der Waals surface area contributed by atoms with Crippen molar-refractivity contribution in [3.63, 3.8) is 0 Å². The average Bonchev–Trinajstić information content (AvgIpc) is 2.99. The second-order valence-electron chi connectivity index (χ2n) is 5.73. The second-order valence-corrected chi connectivity index (χ2v) is 5.73. The minimum Gasteiger partial charge on any atom is -0.338 e. The zero-order valence-electron chi connectivity index (χ0n) is 11.3. The van der Waals surface area contributed by atoms with E-state index in [1.165, 1.54) is 38.6 Å². The van der Waals surface area contributed by atoms with Crippen molar-refractivity contribution >= 4 is 0 Å². The molecule has 0 amide bonds. The number of hydrogen-bond acceptors (Lipinski definition) is 4. The zero-order valence-corrected chi connectivity index (χ0v) is 11.3. The van der Waals surface area contributed by atoms with Gasteiger partial charge >= 0.3 is 0 Å². The highest BCUT2D eigenvalue weighted by molar-refractivity contribution is 4.92. The van der Waals surface area contributed by atoms with Crippen LogP contribution in [0.5, 0.6) is 0 Å². The van der Waals surface area contributed by atoms with Crippen LogP contribution in [0.3, 0.4) is 0 Å². The molecule has 100 valence electrons. The summed E-state index contributed by atoms with van der Waals surface area (Å²) in [6.07, 6.45) is 8.94. The van der Waals surface area contributed by atoms with Gasteiger partial charge in [0.1, 0.15) is 0 Å². The van der Waals surface area contributed by atoms with Gasteiger partial charge in [-0.1, -0.05) is 18.5 Å². The Morgan fingerprint density at radius 1 is 1.28 bits per heavy atom. The van der Waals surface area contributed by atoms with Crippen LogP contribution < -0.4 is 0 Å². The Hall–Kier alpha value is -0.900. The number of rotatable bonds is 4. The number of aryl methyl sites for hydroxylation is 1. The van der Waals surface area contributed by atoms with Gasteiger partial charge in [-0.25, -0.2) is 0 Å². The molecule has 1 saturated heterocycles. The van der Waals surface area contributed by atoms with Crippen LogP contribution in [-0.2, 0) is 13.0 Å². The third-order valence-corrected chi connectivity index (χ3v) is 4.43. The summed E-state index contributed by atoms with van der Waals surface area (Å²) < 4.78 is 5.37. The Balaban J connectivity index is 1.63. The fourth-order valence-corrected chi connectivity index (χ4v) is 3.61. The van der Waals surface area contributed by atoms with Gasteiger partial charge in [0, 0.05) is 12.5 Å². The molecule has 1 aliphatic carbocycles. The third kappa shape index (κ3) is 2.44. The van der Waals surface area contributed by atoms with E-state index in [1.807, 2.05) is 0 Å². The van der Waals surface area contributed by atoms with Gasteiger partial charge in [0.15, 0.2) is 5.82 Å². The van der Waals surface area contributed by atoms with Crippen molar-refractivity contribution in [2.75, 3.05) is 6.54 Å². The smallest absolute Gasteiger partial charge is 0.240 e. The Morgan fingerprint density at radius 2 is 2.17 bits per heavy atom. The molecule has 0 aromatic carbocycles. The molecule has 0 N–H and O–H groups in total. The van der Waals surface area contributed by atoms with Gasteiger partial charge in [-0.2, -0.15) is 4.98 Å². The lowest BCUT2D eigenvalue weighted by molar-refractivity contribution is 0.0933. The van der Waals surface area contributed by atoms with Crippen molar-refractivity contribution in [2.45, 2.75) is 64.5 Å². The van der Waals surface area contributed by atoms with Crippen LogP contribution in [0.4, 0.5) is 0 Å². The number of nitrogens with zero attached hydrogens (tertiary/aromatic N) is 3. The molecule has 4 nitrogen and oxygen atoms in total. The Labute approximate surface area is 109 Å². The molecule has 3 rings (SSSR count). The first kappa shape index (κ1) is 12.2. The molecule has 1 aromatic rings. The fourth-order valence-electron chi connectivity index (χ4n) is 3.61. The first-order valence-electron chi connectivity index (χ1n) is 7.42. The largest absolute Gasteiger partial charge is 0.338 e. The first-order valence-corrected chi connectivity index (χ1v) is 7.42. The highest BCUT2D eigenvalue weighted by Gasteiger charge is 2.35. The molecular formula is C14H23N3O. The first-order chi connectivity index (χ1) is 8.86. The third-order valence-electron chi connectivity index (χ3n) is 4.43. The number of piperidine rings is 1. The van der Waals surface area contributed by atoms with E-state index in [2.05, 4.69) is 22.0 Å².